The summed E-state index contributed by atoms with van der Waals surface area (Å²) in [6.45, 7) is 5.11. The topological polar surface area (TPSA) is 91.8 Å². The number of carbonyl (C=O) groups is 1. The monoisotopic (exact) mass is 376 g/mol. The molecule has 3 N–H and O–H groups in total. The van der Waals surface area contributed by atoms with Crippen LogP contribution < -0.4 is 16.0 Å². The van der Waals surface area contributed by atoms with Gasteiger partial charge in [0.15, 0.2) is 5.82 Å². The molecule has 0 fully saturated rings. The fourth-order valence-corrected chi connectivity index (χ4v) is 2.69. The number of hydrogen-bond acceptors (Lipinski definition) is 6. The highest BCUT2D eigenvalue weighted by molar-refractivity contribution is 5.78. The predicted octanol–water partition coefficient (Wildman–Crippen LogP) is 3.00. The van der Waals surface area contributed by atoms with E-state index < -0.39 is 0 Å². The first-order valence-corrected chi connectivity index (χ1v) is 9.18. The van der Waals surface area contributed by atoms with Crippen molar-refractivity contribution in [3.05, 3.63) is 71.4 Å². The normalized spacial score (nSPS) is 10.4. The Morgan fingerprint density at radius 3 is 2.43 bits per heavy atom. The van der Waals surface area contributed by atoms with E-state index >= 15 is 0 Å². The van der Waals surface area contributed by atoms with Crippen LogP contribution in [0.2, 0.25) is 0 Å². The minimum Gasteiger partial charge on any atom is -0.367 e. The quantitative estimate of drug-likeness (QED) is 0.524. The number of nitrogens with one attached hydrogen (secondary N) is 3. The smallest absolute Gasteiger partial charge is 0.224 e. The molecule has 28 heavy (non-hydrogen) atoms. The van der Waals surface area contributed by atoms with E-state index in [0.29, 0.717) is 31.1 Å². The number of anilines is 3. The molecule has 0 spiro atoms. The third-order valence-electron chi connectivity index (χ3n) is 4.04. The standard InChI is InChI=1S/C21H24N6O/c1-15-4-3-5-17(12-15)14-21(28)24-11-10-23-18-6-7-19(27-26-18)25-20-13-16(2)8-9-22-20/h3-9,12-13H,10-11,14H2,1-2H3,(H,23,26)(H,24,28)(H,22,25,27). The molecule has 0 unspecified atom stereocenters. The number of amides is 1. The number of aryl methyl sites for hydroxylation is 2. The second-order valence-corrected chi connectivity index (χ2v) is 6.59. The fourth-order valence-electron chi connectivity index (χ4n) is 2.69. The first-order chi connectivity index (χ1) is 13.6. The molecule has 0 aliphatic carbocycles. The van der Waals surface area contributed by atoms with E-state index in [0.717, 1.165) is 22.5 Å². The van der Waals surface area contributed by atoms with Crippen molar-refractivity contribution in [1.82, 2.24) is 20.5 Å². The zero-order valence-electron chi connectivity index (χ0n) is 16.1. The van der Waals surface area contributed by atoms with Crippen molar-refractivity contribution in [3.63, 3.8) is 0 Å². The third-order valence-corrected chi connectivity index (χ3v) is 4.04. The van der Waals surface area contributed by atoms with Gasteiger partial charge < -0.3 is 16.0 Å². The van der Waals surface area contributed by atoms with Gasteiger partial charge in [-0.25, -0.2) is 4.98 Å². The summed E-state index contributed by atoms with van der Waals surface area (Å²) in [5.41, 5.74) is 3.29. The van der Waals surface area contributed by atoms with Crippen molar-refractivity contribution >= 4 is 23.4 Å². The lowest BCUT2D eigenvalue weighted by molar-refractivity contribution is -0.120. The van der Waals surface area contributed by atoms with Gasteiger partial charge in [-0.15, -0.1) is 10.2 Å². The minimum absolute atomic E-state index is 0.00341. The molecule has 0 radical (unpaired) electrons. The Balaban J connectivity index is 1.39. The zero-order valence-corrected chi connectivity index (χ0v) is 16.1. The maximum absolute atomic E-state index is 12.0. The highest BCUT2D eigenvalue weighted by Gasteiger charge is 2.03. The summed E-state index contributed by atoms with van der Waals surface area (Å²) < 4.78 is 0. The van der Waals surface area contributed by atoms with Gasteiger partial charge in [-0.05, 0) is 49.2 Å². The summed E-state index contributed by atoms with van der Waals surface area (Å²) in [6, 6.07) is 15.5. The van der Waals surface area contributed by atoms with E-state index in [1.165, 1.54) is 0 Å². The summed E-state index contributed by atoms with van der Waals surface area (Å²) in [5.74, 6) is 2.00. The zero-order chi connectivity index (χ0) is 19.8. The maximum atomic E-state index is 12.0. The third kappa shape index (κ3) is 6.05. The predicted molar refractivity (Wildman–Crippen MR) is 111 cm³/mol. The number of aromatic nitrogens is 3. The van der Waals surface area contributed by atoms with Crippen molar-refractivity contribution in [2.75, 3.05) is 23.7 Å². The number of benzene rings is 1. The van der Waals surface area contributed by atoms with Crippen molar-refractivity contribution < 1.29 is 4.79 Å². The van der Waals surface area contributed by atoms with Gasteiger partial charge in [0, 0.05) is 19.3 Å². The Morgan fingerprint density at radius 2 is 1.68 bits per heavy atom. The second kappa shape index (κ2) is 9.45. The fraction of sp³-hybridized carbons (Fsp3) is 0.238. The Bertz CT molecular complexity index is 926. The Labute approximate surface area is 164 Å². The molecule has 3 aromatic rings. The average molecular weight is 376 g/mol. The number of pyridine rings is 1. The van der Waals surface area contributed by atoms with Gasteiger partial charge in [0.25, 0.3) is 0 Å². The molecule has 0 aliphatic rings. The Morgan fingerprint density at radius 1 is 0.893 bits per heavy atom. The summed E-state index contributed by atoms with van der Waals surface area (Å²) in [6.07, 6.45) is 2.13. The molecular weight excluding hydrogens is 352 g/mol. The van der Waals surface area contributed by atoms with Crippen LogP contribution >= 0.6 is 0 Å². The molecule has 2 aromatic heterocycles. The van der Waals surface area contributed by atoms with Crippen molar-refractivity contribution in [3.8, 4) is 0 Å². The molecule has 0 bridgehead atoms. The first kappa shape index (κ1) is 19.3. The van der Waals surface area contributed by atoms with E-state index in [4.69, 9.17) is 0 Å². The van der Waals surface area contributed by atoms with Crippen molar-refractivity contribution in [1.29, 1.82) is 0 Å². The summed E-state index contributed by atoms with van der Waals surface area (Å²) in [7, 11) is 0. The maximum Gasteiger partial charge on any atom is 0.224 e. The molecule has 0 saturated carbocycles. The van der Waals surface area contributed by atoms with Crippen LogP contribution in [0, 0.1) is 13.8 Å². The molecule has 0 saturated heterocycles. The van der Waals surface area contributed by atoms with Crippen LogP contribution in [0.1, 0.15) is 16.7 Å². The van der Waals surface area contributed by atoms with E-state index in [9.17, 15) is 4.79 Å². The molecule has 144 valence electrons. The SMILES string of the molecule is Cc1cccc(CC(=O)NCCNc2ccc(Nc3cc(C)ccn3)nn2)c1. The molecular formula is C21H24N6O. The number of rotatable bonds is 8. The van der Waals surface area contributed by atoms with Gasteiger partial charge in [0.1, 0.15) is 11.6 Å². The lowest BCUT2D eigenvalue weighted by Crippen LogP contribution is -2.30. The summed E-state index contributed by atoms with van der Waals surface area (Å²) in [4.78, 5) is 16.2. The molecule has 7 heteroatoms. The van der Waals surface area contributed by atoms with E-state index in [-0.39, 0.29) is 5.91 Å². The number of carbonyl (C=O) groups excluding carboxylic acids is 1. The minimum atomic E-state index is 0.00341. The highest BCUT2D eigenvalue weighted by atomic mass is 16.1. The average Bonchev–Trinajstić information content (AvgIpc) is 2.67. The molecule has 2 heterocycles. The van der Waals surface area contributed by atoms with E-state index in [1.807, 2.05) is 62.4 Å². The van der Waals surface area contributed by atoms with Gasteiger partial charge in [0.2, 0.25) is 5.91 Å². The van der Waals surface area contributed by atoms with Gasteiger partial charge in [-0.2, -0.15) is 0 Å². The second-order valence-electron chi connectivity index (χ2n) is 6.59. The van der Waals surface area contributed by atoms with Crippen LogP contribution in [-0.4, -0.2) is 34.2 Å². The largest absolute Gasteiger partial charge is 0.367 e. The van der Waals surface area contributed by atoms with Crippen LogP contribution in [0.15, 0.2) is 54.7 Å². The van der Waals surface area contributed by atoms with Crippen LogP contribution in [0.25, 0.3) is 0 Å². The molecule has 3 rings (SSSR count). The van der Waals surface area contributed by atoms with Crippen molar-refractivity contribution in [2.45, 2.75) is 20.3 Å². The highest BCUT2D eigenvalue weighted by Crippen LogP contribution is 2.13. The molecule has 1 amide bonds. The van der Waals surface area contributed by atoms with Crippen LogP contribution in [0.5, 0.6) is 0 Å². The van der Waals surface area contributed by atoms with Gasteiger partial charge in [-0.3, -0.25) is 4.79 Å². The van der Waals surface area contributed by atoms with Crippen LogP contribution in [0.3, 0.4) is 0 Å². The van der Waals surface area contributed by atoms with Crippen LogP contribution in [-0.2, 0) is 11.2 Å². The molecule has 0 atom stereocenters. The van der Waals surface area contributed by atoms with E-state index in [1.54, 1.807) is 6.20 Å². The lowest BCUT2D eigenvalue weighted by atomic mass is 10.1. The number of hydrogen-bond donors (Lipinski definition) is 3. The van der Waals surface area contributed by atoms with Crippen LogP contribution in [0.4, 0.5) is 17.5 Å². The van der Waals surface area contributed by atoms with E-state index in [2.05, 4.69) is 31.1 Å². The van der Waals surface area contributed by atoms with Gasteiger partial charge in [0.05, 0.1) is 6.42 Å². The first-order valence-electron chi connectivity index (χ1n) is 9.18. The number of nitrogens with zero attached hydrogens (tertiary/aromatic N) is 3. The summed E-state index contributed by atoms with van der Waals surface area (Å²) >= 11 is 0. The van der Waals surface area contributed by atoms with Crippen molar-refractivity contribution in [2.24, 2.45) is 0 Å². The Hall–Kier alpha value is -3.48. The molecule has 7 nitrogen and oxygen atoms in total. The van der Waals surface area contributed by atoms with Gasteiger partial charge in [-0.1, -0.05) is 29.8 Å². The molecule has 1 aromatic carbocycles. The Kier molecular flexibility index (Phi) is 6.51. The molecule has 0 aliphatic heterocycles. The summed E-state index contributed by atoms with van der Waals surface area (Å²) in [5, 5.41) is 17.4. The lowest BCUT2D eigenvalue weighted by Gasteiger charge is -2.08. The van der Waals surface area contributed by atoms with Gasteiger partial charge >= 0.3 is 0 Å².